The van der Waals surface area contributed by atoms with Gasteiger partial charge in [-0.2, -0.15) is 0 Å². The molecule has 0 spiro atoms. The third kappa shape index (κ3) is 2.88. The number of aromatic nitrogens is 1. The van der Waals surface area contributed by atoms with Crippen LogP contribution in [0.25, 0.3) is 0 Å². The lowest BCUT2D eigenvalue weighted by molar-refractivity contribution is 0.0912. The molecule has 1 aromatic heterocycles. The number of hydrogen-bond acceptors (Lipinski definition) is 3. The average Bonchev–Trinajstić information content (AvgIpc) is 2.26. The molecule has 0 bridgehead atoms. The highest BCUT2D eigenvalue weighted by molar-refractivity contribution is 6.33. The Hall–Kier alpha value is -1.29. The van der Waals surface area contributed by atoms with Crippen LogP contribution in [0.2, 0.25) is 5.02 Å². The predicted molar refractivity (Wildman–Crippen MR) is 68.5 cm³/mol. The summed E-state index contributed by atoms with van der Waals surface area (Å²) in [5, 5.41) is 6.38. The van der Waals surface area contributed by atoms with Crippen LogP contribution < -0.4 is 10.6 Å². The molecule has 4 nitrogen and oxygen atoms in total. The lowest BCUT2D eigenvalue weighted by Gasteiger charge is -2.26. The van der Waals surface area contributed by atoms with Crippen molar-refractivity contribution in [1.29, 1.82) is 0 Å². The van der Waals surface area contributed by atoms with E-state index in [0.717, 1.165) is 19.4 Å². The standard InChI is InChI=1S/C12H16ClN3O/c1-2-14-10-7-6-9(13)11(16-10)12(17)15-8-4-3-5-8/h6-8H,2-5H2,1H3,(H,14,16)(H,15,17). The summed E-state index contributed by atoms with van der Waals surface area (Å²) >= 11 is 5.98. The normalized spacial score (nSPS) is 15.2. The second-order valence-corrected chi connectivity index (χ2v) is 4.57. The van der Waals surface area contributed by atoms with Crippen molar-refractivity contribution in [1.82, 2.24) is 10.3 Å². The first kappa shape index (κ1) is 12.2. The van der Waals surface area contributed by atoms with Crippen molar-refractivity contribution in [2.75, 3.05) is 11.9 Å². The van der Waals surface area contributed by atoms with E-state index in [0.29, 0.717) is 22.6 Å². The van der Waals surface area contributed by atoms with Gasteiger partial charge < -0.3 is 10.6 Å². The van der Waals surface area contributed by atoms with E-state index in [1.54, 1.807) is 12.1 Å². The van der Waals surface area contributed by atoms with Crippen LogP contribution in [0.4, 0.5) is 5.82 Å². The van der Waals surface area contributed by atoms with Crippen molar-refractivity contribution in [3.63, 3.8) is 0 Å². The number of carbonyl (C=O) groups is 1. The minimum Gasteiger partial charge on any atom is -0.370 e. The molecule has 1 aromatic rings. The Balaban J connectivity index is 2.11. The Morgan fingerprint density at radius 1 is 1.53 bits per heavy atom. The highest BCUT2D eigenvalue weighted by Gasteiger charge is 2.22. The van der Waals surface area contributed by atoms with Gasteiger partial charge in [0.05, 0.1) is 5.02 Å². The molecule has 5 heteroatoms. The summed E-state index contributed by atoms with van der Waals surface area (Å²) < 4.78 is 0. The molecule has 1 amide bonds. The predicted octanol–water partition coefficient (Wildman–Crippen LogP) is 2.45. The lowest BCUT2D eigenvalue weighted by atomic mass is 9.93. The third-order valence-electron chi connectivity index (χ3n) is 2.86. The van der Waals surface area contributed by atoms with Crippen molar-refractivity contribution in [3.8, 4) is 0 Å². The fourth-order valence-electron chi connectivity index (χ4n) is 1.69. The van der Waals surface area contributed by atoms with Gasteiger partial charge in [-0.15, -0.1) is 0 Å². The van der Waals surface area contributed by atoms with E-state index in [-0.39, 0.29) is 5.91 Å². The lowest BCUT2D eigenvalue weighted by Crippen LogP contribution is -2.40. The second-order valence-electron chi connectivity index (χ2n) is 4.16. The summed E-state index contributed by atoms with van der Waals surface area (Å²) in [5.41, 5.74) is 0.303. The maximum atomic E-state index is 11.9. The molecule has 0 aromatic carbocycles. The van der Waals surface area contributed by atoms with Crippen molar-refractivity contribution in [3.05, 3.63) is 22.8 Å². The third-order valence-corrected chi connectivity index (χ3v) is 3.16. The van der Waals surface area contributed by atoms with E-state index < -0.39 is 0 Å². The smallest absolute Gasteiger partial charge is 0.271 e. The summed E-state index contributed by atoms with van der Waals surface area (Å²) in [6.07, 6.45) is 3.29. The fourth-order valence-corrected chi connectivity index (χ4v) is 1.88. The molecule has 2 rings (SSSR count). The number of nitrogens with zero attached hydrogens (tertiary/aromatic N) is 1. The van der Waals surface area contributed by atoms with Crippen LogP contribution in [-0.2, 0) is 0 Å². The monoisotopic (exact) mass is 253 g/mol. The van der Waals surface area contributed by atoms with E-state index in [9.17, 15) is 4.79 Å². The number of halogens is 1. The van der Waals surface area contributed by atoms with Gasteiger partial charge in [0.25, 0.3) is 5.91 Å². The Morgan fingerprint density at radius 2 is 2.29 bits per heavy atom. The maximum absolute atomic E-state index is 11.9. The van der Waals surface area contributed by atoms with E-state index in [1.807, 2.05) is 6.92 Å². The van der Waals surface area contributed by atoms with Gasteiger partial charge in [0.15, 0.2) is 0 Å². The van der Waals surface area contributed by atoms with Gasteiger partial charge in [-0.25, -0.2) is 4.98 Å². The SMILES string of the molecule is CCNc1ccc(Cl)c(C(=O)NC2CCC2)n1. The van der Waals surface area contributed by atoms with Crippen LogP contribution >= 0.6 is 11.6 Å². The molecule has 0 unspecified atom stereocenters. The molecule has 1 aliphatic carbocycles. The van der Waals surface area contributed by atoms with E-state index >= 15 is 0 Å². The van der Waals surface area contributed by atoms with Crippen LogP contribution in [0.3, 0.4) is 0 Å². The zero-order valence-corrected chi connectivity index (χ0v) is 10.5. The Morgan fingerprint density at radius 3 is 2.88 bits per heavy atom. The summed E-state index contributed by atoms with van der Waals surface area (Å²) in [6.45, 7) is 2.74. The number of anilines is 1. The molecule has 0 radical (unpaired) electrons. The molecule has 17 heavy (non-hydrogen) atoms. The Labute approximate surface area is 106 Å². The van der Waals surface area contributed by atoms with Crippen LogP contribution in [0.15, 0.2) is 12.1 Å². The highest BCUT2D eigenvalue weighted by Crippen LogP contribution is 2.21. The van der Waals surface area contributed by atoms with Gasteiger partial charge >= 0.3 is 0 Å². The van der Waals surface area contributed by atoms with Crippen molar-refractivity contribution in [2.45, 2.75) is 32.2 Å². The van der Waals surface area contributed by atoms with E-state index in [1.165, 1.54) is 6.42 Å². The zero-order valence-electron chi connectivity index (χ0n) is 9.79. The molecule has 1 heterocycles. The number of amides is 1. The molecule has 2 N–H and O–H groups in total. The minimum atomic E-state index is -0.181. The summed E-state index contributed by atoms with van der Waals surface area (Å²) in [7, 11) is 0. The van der Waals surface area contributed by atoms with Crippen molar-refractivity contribution in [2.24, 2.45) is 0 Å². The first-order valence-corrected chi connectivity index (χ1v) is 6.29. The molecular weight excluding hydrogens is 238 g/mol. The first-order valence-electron chi connectivity index (χ1n) is 5.92. The number of carbonyl (C=O) groups excluding carboxylic acids is 1. The van der Waals surface area contributed by atoms with Crippen LogP contribution in [0, 0.1) is 0 Å². The summed E-state index contributed by atoms with van der Waals surface area (Å²) in [4.78, 5) is 16.2. The van der Waals surface area contributed by atoms with Gasteiger partial charge in [0, 0.05) is 12.6 Å². The Kier molecular flexibility index (Phi) is 3.84. The van der Waals surface area contributed by atoms with Crippen LogP contribution in [-0.4, -0.2) is 23.5 Å². The van der Waals surface area contributed by atoms with Crippen molar-refractivity contribution >= 4 is 23.3 Å². The average molecular weight is 254 g/mol. The van der Waals surface area contributed by atoms with Gasteiger partial charge in [0.2, 0.25) is 0 Å². The van der Waals surface area contributed by atoms with Gasteiger partial charge in [-0.1, -0.05) is 11.6 Å². The molecule has 92 valence electrons. The zero-order chi connectivity index (χ0) is 12.3. The first-order chi connectivity index (χ1) is 8.20. The molecule has 0 saturated heterocycles. The highest BCUT2D eigenvalue weighted by atomic mass is 35.5. The maximum Gasteiger partial charge on any atom is 0.271 e. The van der Waals surface area contributed by atoms with Gasteiger partial charge in [0.1, 0.15) is 11.5 Å². The molecule has 1 fully saturated rings. The topological polar surface area (TPSA) is 54.0 Å². The summed E-state index contributed by atoms with van der Waals surface area (Å²) in [6, 6.07) is 3.76. The van der Waals surface area contributed by atoms with Crippen LogP contribution in [0.5, 0.6) is 0 Å². The molecule has 0 atom stereocenters. The minimum absolute atomic E-state index is 0.181. The van der Waals surface area contributed by atoms with E-state index in [2.05, 4.69) is 15.6 Å². The number of rotatable bonds is 4. The van der Waals surface area contributed by atoms with Crippen molar-refractivity contribution < 1.29 is 4.79 Å². The number of nitrogens with one attached hydrogen (secondary N) is 2. The fraction of sp³-hybridized carbons (Fsp3) is 0.500. The Bertz CT molecular complexity index is 418. The van der Waals surface area contributed by atoms with Gasteiger partial charge in [-0.3, -0.25) is 4.79 Å². The molecule has 1 saturated carbocycles. The van der Waals surface area contributed by atoms with Gasteiger partial charge in [-0.05, 0) is 38.3 Å². The number of pyridine rings is 1. The summed E-state index contributed by atoms with van der Waals surface area (Å²) in [5.74, 6) is 0.495. The van der Waals surface area contributed by atoms with Crippen LogP contribution in [0.1, 0.15) is 36.7 Å². The molecule has 0 aliphatic heterocycles. The van der Waals surface area contributed by atoms with E-state index in [4.69, 9.17) is 11.6 Å². The number of hydrogen-bond donors (Lipinski definition) is 2. The second kappa shape index (κ2) is 5.36. The largest absolute Gasteiger partial charge is 0.370 e. The quantitative estimate of drug-likeness (QED) is 0.867. The molecular formula is C12H16ClN3O. The molecule has 1 aliphatic rings.